The van der Waals surface area contributed by atoms with Crippen LogP contribution in [0.25, 0.3) is 11.0 Å². The fourth-order valence-corrected chi connectivity index (χ4v) is 3.60. The van der Waals surface area contributed by atoms with Crippen LogP contribution in [0.4, 0.5) is 18.9 Å². The number of nitrogens with one attached hydrogen (secondary N) is 3. The topological polar surface area (TPSA) is 74.0 Å². The molecule has 0 fully saturated rings. The third-order valence-electron chi connectivity index (χ3n) is 4.83. The first kappa shape index (κ1) is 20.3. The summed E-state index contributed by atoms with van der Waals surface area (Å²) in [5.41, 5.74) is 6.89. The zero-order chi connectivity index (χ0) is 21.3. The largest absolute Gasteiger partial charge is 0.457 e. The lowest BCUT2D eigenvalue weighted by Gasteiger charge is -2.15. The summed E-state index contributed by atoms with van der Waals surface area (Å²) in [4.78, 5) is 0. The van der Waals surface area contributed by atoms with E-state index in [1.165, 1.54) is 6.07 Å². The van der Waals surface area contributed by atoms with Gasteiger partial charge in [-0.25, -0.2) is 0 Å². The number of benzene rings is 2. The zero-order valence-electron chi connectivity index (χ0n) is 16.0. The maximum Gasteiger partial charge on any atom is 0.416 e. The Morgan fingerprint density at radius 3 is 2.57 bits per heavy atom. The molecule has 3 N–H and O–H groups in total. The molecule has 0 atom stereocenters. The van der Waals surface area contributed by atoms with Crippen LogP contribution >= 0.6 is 11.6 Å². The highest BCUT2D eigenvalue weighted by Gasteiger charge is 2.33. The first-order valence-corrected chi connectivity index (χ1v) is 9.79. The Hall–Kier alpha value is -2.94. The Morgan fingerprint density at radius 1 is 1.10 bits per heavy atom. The molecule has 1 aliphatic heterocycles. The molecule has 158 valence electrons. The number of furan rings is 1. The van der Waals surface area contributed by atoms with Gasteiger partial charge in [-0.15, -0.1) is 0 Å². The second-order valence-corrected chi connectivity index (χ2v) is 7.40. The molecule has 0 unspecified atom stereocenters. The van der Waals surface area contributed by atoms with E-state index >= 15 is 0 Å². The molecule has 30 heavy (non-hydrogen) atoms. The number of hydrogen-bond acceptors (Lipinski definition) is 6. The third-order valence-corrected chi connectivity index (χ3v) is 5.18. The van der Waals surface area contributed by atoms with Gasteiger partial charge in [-0.2, -0.15) is 13.2 Å². The highest BCUT2D eigenvalue weighted by molar-refractivity contribution is 6.32. The number of alkyl halides is 3. The van der Waals surface area contributed by atoms with Gasteiger partial charge in [-0.05, 0) is 47.9 Å². The summed E-state index contributed by atoms with van der Waals surface area (Å²) in [6, 6.07) is 9.68. The van der Waals surface area contributed by atoms with Crippen molar-refractivity contribution in [2.45, 2.75) is 38.7 Å². The number of halogens is 4. The number of rotatable bonds is 6. The minimum Gasteiger partial charge on any atom is -0.457 e. The van der Waals surface area contributed by atoms with Crippen LogP contribution in [0.15, 0.2) is 51.3 Å². The van der Waals surface area contributed by atoms with Gasteiger partial charge in [0.15, 0.2) is 11.9 Å². The van der Waals surface area contributed by atoms with Crippen molar-refractivity contribution in [3.63, 3.8) is 0 Å². The van der Waals surface area contributed by atoms with Crippen molar-refractivity contribution in [3.05, 3.63) is 63.9 Å². The molecular weight excluding hydrogens is 419 g/mol. The number of aryl methyl sites for hydroxylation is 1. The molecule has 0 spiro atoms. The summed E-state index contributed by atoms with van der Waals surface area (Å²) in [6.07, 6.45) is -3.74. The van der Waals surface area contributed by atoms with Gasteiger partial charge in [0.2, 0.25) is 0 Å². The Labute approximate surface area is 175 Å². The number of anilines is 1. The van der Waals surface area contributed by atoms with E-state index in [0.29, 0.717) is 46.0 Å². The summed E-state index contributed by atoms with van der Waals surface area (Å²) >= 11 is 6.38. The first-order valence-electron chi connectivity index (χ1n) is 9.42. The molecule has 0 saturated carbocycles. The second-order valence-electron chi connectivity index (χ2n) is 6.99. The lowest BCUT2D eigenvalue weighted by atomic mass is 10.0. The monoisotopic (exact) mass is 437 g/mol. The van der Waals surface area contributed by atoms with Crippen molar-refractivity contribution in [1.82, 2.24) is 10.9 Å². The maximum absolute atomic E-state index is 13.4. The molecule has 3 aromatic rings. The van der Waals surface area contributed by atoms with Crippen LogP contribution < -0.4 is 16.2 Å². The van der Waals surface area contributed by atoms with Gasteiger partial charge in [0.25, 0.3) is 0 Å². The molecule has 0 aliphatic carbocycles. The van der Waals surface area contributed by atoms with Gasteiger partial charge in [-0.3, -0.25) is 10.9 Å². The van der Waals surface area contributed by atoms with Crippen LogP contribution in [-0.4, -0.2) is 0 Å². The van der Waals surface area contributed by atoms with Gasteiger partial charge >= 0.3 is 6.18 Å². The predicted molar refractivity (Wildman–Crippen MR) is 108 cm³/mol. The van der Waals surface area contributed by atoms with Gasteiger partial charge < -0.3 is 9.73 Å². The van der Waals surface area contributed by atoms with E-state index in [1.54, 1.807) is 18.2 Å². The van der Waals surface area contributed by atoms with Gasteiger partial charge in [0, 0.05) is 22.6 Å². The van der Waals surface area contributed by atoms with Crippen LogP contribution in [0.2, 0.25) is 5.02 Å². The molecule has 0 bridgehead atoms. The van der Waals surface area contributed by atoms with Crippen LogP contribution in [0.3, 0.4) is 0 Å². The molecule has 2 aromatic carbocycles. The van der Waals surface area contributed by atoms with E-state index in [9.17, 15) is 13.2 Å². The summed E-state index contributed by atoms with van der Waals surface area (Å²) < 4.78 is 46.0. The van der Waals surface area contributed by atoms with Crippen molar-refractivity contribution in [2.24, 2.45) is 10.4 Å². The lowest BCUT2D eigenvalue weighted by molar-refractivity contribution is -0.138. The molecule has 0 saturated heterocycles. The van der Waals surface area contributed by atoms with E-state index in [-0.39, 0.29) is 12.7 Å². The van der Waals surface area contributed by atoms with Crippen LogP contribution in [0.1, 0.15) is 42.0 Å². The fraction of sp³-hybridized carbons (Fsp3) is 0.300. The highest BCUT2D eigenvalue weighted by Crippen LogP contribution is 2.35. The average Bonchev–Trinajstić information content (AvgIpc) is 3.35. The molecule has 4 rings (SSSR count). The van der Waals surface area contributed by atoms with E-state index in [4.69, 9.17) is 16.0 Å². The average molecular weight is 438 g/mol. The Balaban J connectivity index is 1.55. The molecule has 1 aromatic heterocycles. The standard InChI is InChI=1S/C20H19ClF3N5O/c1-2-3-11-4-5-14(9-15(11)20(22,23)24)25-10-13-8-17-12(6-16(13)21)7-18(30-17)19-26-28-29-27-19/h4-9,19,25H,2-3,10H2,1H3,(H,26,29)(H,27,28). The Bertz CT molecular complexity index is 1090. The lowest BCUT2D eigenvalue weighted by Crippen LogP contribution is -2.19. The minimum atomic E-state index is -4.40. The van der Waals surface area contributed by atoms with E-state index in [2.05, 4.69) is 26.6 Å². The van der Waals surface area contributed by atoms with Gasteiger partial charge in [0.1, 0.15) is 5.58 Å². The molecule has 2 heterocycles. The van der Waals surface area contributed by atoms with E-state index in [1.807, 2.05) is 13.0 Å². The Morgan fingerprint density at radius 2 is 1.87 bits per heavy atom. The summed E-state index contributed by atoms with van der Waals surface area (Å²) in [6.45, 7) is 2.10. The summed E-state index contributed by atoms with van der Waals surface area (Å²) in [7, 11) is 0. The number of fused-ring (bicyclic) bond motifs is 1. The highest BCUT2D eigenvalue weighted by atomic mass is 35.5. The van der Waals surface area contributed by atoms with E-state index < -0.39 is 11.7 Å². The van der Waals surface area contributed by atoms with E-state index in [0.717, 1.165) is 11.5 Å². The SMILES string of the molecule is CCCc1ccc(NCc2cc3oc(C4NN=NN4)cc3cc2Cl)cc1C(F)(F)F. The quantitative estimate of drug-likeness (QED) is 0.433. The van der Waals surface area contributed by atoms with Crippen LogP contribution in [-0.2, 0) is 19.1 Å². The minimum absolute atomic E-state index is 0.250. The van der Waals surface area contributed by atoms with Crippen LogP contribution in [0, 0.1) is 0 Å². The number of hydrogen-bond donors (Lipinski definition) is 3. The smallest absolute Gasteiger partial charge is 0.416 e. The van der Waals surface area contributed by atoms with Crippen molar-refractivity contribution in [3.8, 4) is 0 Å². The fourth-order valence-electron chi connectivity index (χ4n) is 3.36. The molecular formula is C20H19ClF3N5O. The zero-order valence-corrected chi connectivity index (χ0v) is 16.7. The van der Waals surface area contributed by atoms with Gasteiger partial charge in [0.05, 0.1) is 5.56 Å². The molecule has 0 radical (unpaired) electrons. The third kappa shape index (κ3) is 4.16. The normalized spacial score (nSPS) is 14.2. The summed E-state index contributed by atoms with van der Waals surface area (Å²) in [5.74, 6) is 0.595. The molecule has 1 aliphatic rings. The predicted octanol–water partition coefficient (Wildman–Crippen LogP) is 6.14. The number of nitrogens with zero attached hydrogens (tertiary/aromatic N) is 2. The van der Waals surface area contributed by atoms with Gasteiger partial charge in [-0.1, -0.05) is 41.5 Å². The molecule has 10 heteroatoms. The Kier molecular flexibility index (Phi) is 5.46. The van der Waals surface area contributed by atoms with Crippen LogP contribution in [0.5, 0.6) is 0 Å². The molecule has 6 nitrogen and oxygen atoms in total. The maximum atomic E-state index is 13.4. The summed E-state index contributed by atoms with van der Waals surface area (Å²) in [5, 5.41) is 11.6. The first-order chi connectivity index (χ1) is 14.3. The molecule has 0 amide bonds. The van der Waals surface area contributed by atoms with Crippen molar-refractivity contribution in [1.29, 1.82) is 0 Å². The van der Waals surface area contributed by atoms with Crippen molar-refractivity contribution in [2.75, 3.05) is 5.32 Å². The van der Waals surface area contributed by atoms with Crippen molar-refractivity contribution >= 4 is 28.3 Å². The second kappa shape index (κ2) is 8.06. The van der Waals surface area contributed by atoms with Crippen molar-refractivity contribution < 1.29 is 17.6 Å².